The predicted molar refractivity (Wildman–Crippen MR) is 166 cm³/mol. The summed E-state index contributed by atoms with van der Waals surface area (Å²) in [7, 11) is -1.89. The largest absolute Gasteiger partial charge is 0.497 e. The number of carbonyl (C=O) groups excluding carboxylic acids is 2. The molecule has 0 aromatic heterocycles. The topological polar surface area (TPSA) is 102 Å². The maximum atomic E-state index is 13.5. The number of aryl methyl sites for hydroxylation is 1. The molecule has 1 heterocycles. The molecule has 1 fully saturated rings. The normalized spacial score (nSPS) is 17.5. The summed E-state index contributed by atoms with van der Waals surface area (Å²) in [6.45, 7) is 5.64. The van der Waals surface area contributed by atoms with Crippen LogP contribution in [0.3, 0.4) is 0 Å². The third-order valence-corrected chi connectivity index (χ3v) is 10.8. The van der Waals surface area contributed by atoms with Crippen molar-refractivity contribution in [2.24, 2.45) is 4.99 Å². The van der Waals surface area contributed by atoms with E-state index in [-0.39, 0.29) is 23.0 Å². The molecule has 3 atom stereocenters. The van der Waals surface area contributed by atoms with Gasteiger partial charge in [-0.25, -0.2) is 13.2 Å². The average molecular weight is 648 g/mol. The molecule has 8 nitrogen and oxygen atoms in total. The second-order valence-electron chi connectivity index (χ2n) is 9.42. The van der Waals surface area contributed by atoms with Crippen molar-refractivity contribution < 1.29 is 27.5 Å². The molecule has 1 saturated heterocycles. The van der Waals surface area contributed by atoms with Gasteiger partial charge in [-0.2, -0.15) is 0 Å². The van der Waals surface area contributed by atoms with E-state index in [1.165, 1.54) is 18.3 Å². The molecule has 3 unspecified atom stereocenters. The Hall–Kier alpha value is -3.31. The maximum Gasteiger partial charge on any atom is 0.333 e. The standard InChI is InChI=1S/C30H28Cl2N2O6S2/c1-19-4-14-25(15-5-19)42(37,38)41-29-26(33-17-21-6-10-23(32)11-7-21)28(35)34(29)27(20(2)16-31)30(36)40-18-22-8-12-24(39-3)13-9-22/h4-15,17,26-27,29H,2,16,18H2,1,3H3. The first-order chi connectivity index (χ1) is 20.0. The minimum atomic E-state index is -3.96. The Morgan fingerprint density at radius 1 is 1.10 bits per heavy atom. The van der Waals surface area contributed by atoms with Crippen LogP contribution >= 0.6 is 34.0 Å². The van der Waals surface area contributed by atoms with Crippen molar-refractivity contribution in [3.8, 4) is 5.75 Å². The monoisotopic (exact) mass is 646 g/mol. The zero-order chi connectivity index (χ0) is 30.4. The molecule has 0 bridgehead atoms. The lowest BCUT2D eigenvalue weighted by Crippen LogP contribution is -2.68. The first kappa shape index (κ1) is 31.6. The van der Waals surface area contributed by atoms with Gasteiger partial charge in [0.25, 0.3) is 5.91 Å². The van der Waals surface area contributed by atoms with Crippen molar-refractivity contribution in [2.75, 3.05) is 13.0 Å². The zero-order valence-corrected chi connectivity index (χ0v) is 25.9. The van der Waals surface area contributed by atoms with E-state index < -0.39 is 38.2 Å². The highest BCUT2D eigenvalue weighted by Gasteiger charge is 2.55. The minimum absolute atomic E-state index is 0.0626. The lowest BCUT2D eigenvalue weighted by atomic mass is 9.99. The van der Waals surface area contributed by atoms with E-state index in [1.807, 2.05) is 6.92 Å². The highest BCUT2D eigenvalue weighted by molar-refractivity contribution is 8.72. The van der Waals surface area contributed by atoms with Crippen molar-refractivity contribution in [3.05, 3.63) is 107 Å². The quantitative estimate of drug-likeness (QED) is 0.0626. The van der Waals surface area contributed by atoms with Gasteiger partial charge in [0.05, 0.1) is 12.0 Å². The Morgan fingerprint density at radius 2 is 1.74 bits per heavy atom. The van der Waals surface area contributed by atoms with Gasteiger partial charge in [-0.3, -0.25) is 9.79 Å². The molecule has 220 valence electrons. The number of hydrogen-bond acceptors (Lipinski definition) is 8. The number of likely N-dealkylation sites (tertiary alicyclic amines) is 1. The number of alkyl halides is 1. The Balaban J connectivity index is 1.63. The van der Waals surface area contributed by atoms with E-state index in [0.717, 1.165) is 10.5 Å². The molecule has 0 aliphatic carbocycles. The molecule has 4 rings (SSSR count). The average Bonchev–Trinajstić information content (AvgIpc) is 2.99. The fourth-order valence-electron chi connectivity index (χ4n) is 4.09. The third-order valence-electron chi connectivity index (χ3n) is 6.44. The van der Waals surface area contributed by atoms with Crippen molar-refractivity contribution in [1.29, 1.82) is 0 Å². The first-order valence-corrected chi connectivity index (χ1v) is 16.5. The third kappa shape index (κ3) is 7.36. The van der Waals surface area contributed by atoms with Crippen LogP contribution in [0.25, 0.3) is 0 Å². The zero-order valence-electron chi connectivity index (χ0n) is 22.8. The van der Waals surface area contributed by atoms with Crippen molar-refractivity contribution in [2.45, 2.75) is 35.9 Å². The number of amides is 1. The van der Waals surface area contributed by atoms with Crippen LogP contribution in [0, 0.1) is 6.92 Å². The number of ether oxygens (including phenoxy) is 2. The predicted octanol–water partition coefficient (Wildman–Crippen LogP) is 5.64. The second-order valence-corrected chi connectivity index (χ2v) is 14.1. The number of halogens is 2. The van der Waals surface area contributed by atoms with E-state index in [2.05, 4.69) is 11.6 Å². The van der Waals surface area contributed by atoms with E-state index in [4.69, 9.17) is 32.7 Å². The molecule has 1 amide bonds. The van der Waals surface area contributed by atoms with E-state index >= 15 is 0 Å². The number of methoxy groups -OCH3 is 1. The van der Waals surface area contributed by atoms with Crippen molar-refractivity contribution >= 4 is 61.0 Å². The number of carbonyl (C=O) groups is 2. The molecular weight excluding hydrogens is 619 g/mol. The van der Waals surface area contributed by atoms with Gasteiger partial charge in [-0.1, -0.05) is 60.1 Å². The fourth-order valence-corrected chi connectivity index (χ4v) is 7.85. The van der Waals surface area contributed by atoms with E-state index in [0.29, 0.717) is 32.7 Å². The van der Waals surface area contributed by atoms with Crippen LogP contribution < -0.4 is 4.74 Å². The summed E-state index contributed by atoms with van der Waals surface area (Å²) >= 11 is 12.0. The molecule has 3 aromatic carbocycles. The number of hydrogen-bond donors (Lipinski definition) is 0. The fraction of sp³-hybridized carbons (Fsp3) is 0.233. The van der Waals surface area contributed by atoms with Gasteiger partial charge < -0.3 is 14.4 Å². The summed E-state index contributed by atoms with van der Waals surface area (Å²) in [5.41, 5.74) is 2.43. The number of esters is 1. The van der Waals surface area contributed by atoms with Gasteiger partial charge in [0.15, 0.2) is 12.1 Å². The van der Waals surface area contributed by atoms with Gasteiger partial charge in [0.1, 0.15) is 17.7 Å². The number of nitrogens with zero attached hydrogens (tertiary/aromatic N) is 2. The molecule has 3 aromatic rings. The first-order valence-electron chi connectivity index (χ1n) is 12.7. The molecule has 0 spiro atoms. The van der Waals surface area contributed by atoms with Crippen LogP contribution in [0.15, 0.2) is 94.8 Å². The minimum Gasteiger partial charge on any atom is -0.497 e. The van der Waals surface area contributed by atoms with Crippen molar-refractivity contribution in [3.63, 3.8) is 0 Å². The van der Waals surface area contributed by atoms with Crippen LogP contribution in [0.5, 0.6) is 5.75 Å². The summed E-state index contributed by atoms with van der Waals surface area (Å²) in [4.78, 5) is 32.5. The Morgan fingerprint density at radius 3 is 2.33 bits per heavy atom. The van der Waals surface area contributed by atoms with Crippen LogP contribution in [-0.4, -0.2) is 61.9 Å². The van der Waals surface area contributed by atoms with Gasteiger partial charge in [0, 0.05) is 27.9 Å². The molecule has 42 heavy (non-hydrogen) atoms. The van der Waals surface area contributed by atoms with Crippen LogP contribution in [0.2, 0.25) is 5.02 Å². The summed E-state index contributed by atoms with van der Waals surface area (Å²) in [6, 6.07) is 17.6. The van der Waals surface area contributed by atoms with E-state index in [1.54, 1.807) is 67.8 Å². The second kappa shape index (κ2) is 13.8. The Kier molecular flexibility index (Phi) is 10.4. The van der Waals surface area contributed by atoms with E-state index in [9.17, 15) is 18.0 Å². The van der Waals surface area contributed by atoms with Crippen LogP contribution in [-0.2, 0) is 29.8 Å². The highest BCUT2D eigenvalue weighted by Crippen LogP contribution is 2.41. The van der Waals surface area contributed by atoms with Gasteiger partial charge in [-0.05, 0) is 60.0 Å². The van der Waals surface area contributed by atoms with Gasteiger partial charge >= 0.3 is 5.97 Å². The molecular formula is C30H28Cl2N2O6S2. The molecule has 0 saturated carbocycles. The smallest absolute Gasteiger partial charge is 0.333 e. The highest BCUT2D eigenvalue weighted by atomic mass is 35.5. The Bertz CT molecular complexity index is 1580. The summed E-state index contributed by atoms with van der Waals surface area (Å²) in [5.74, 6) is -0.866. The maximum absolute atomic E-state index is 13.5. The Labute approximate surface area is 258 Å². The molecule has 1 aliphatic heterocycles. The van der Waals surface area contributed by atoms with Crippen LogP contribution in [0.1, 0.15) is 16.7 Å². The number of aliphatic imine (C=N–C) groups is 1. The lowest BCUT2D eigenvalue weighted by Gasteiger charge is -2.47. The summed E-state index contributed by atoms with van der Waals surface area (Å²) < 4.78 is 37.6. The SMILES string of the molecule is C=C(CCl)C(C(=O)OCc1ccc(OC)cc1)N1C(=O)C(N=Cc2ccc(Cl)cc2)C1SS(=O)(=O)c1ccc(C)cc1. The summed E-state index contributed by atoms with van der Waals surface area (Å²) in [5, 5.41) is -0.530. The molecule has 12 heteroatoms. The van der Waals surface area contributed by atoms with Gasteiger partial charge in [0.2, 0.25) is 8.87 Å². The molecule has 1 aliphatic rings. The lowest BCUT2D eigenvalue weighted by molar-refractivity contribution is -0.161. The number of rotatable bonds is 12. The molecule has 0 N–H and O–H groups in total. The molecule has 0 radical (unpaired) electrons. The van der Waals surface area contributed by atoms with Crippen LogP contribution in [0.4, 0.5) is 0 Å². The number of benzene rings is 3. The van der Waals surface area contributed by atoms with Gasteiger partial charge in [-0.15, -0.1) is 11.6 Å². The summed E-state index contributed by atoms with van der Waals surface area (Å²) in [6.07, 6.45) is 1.47. The van der Waals surface area contributed by atoms with Crippen molar-refractivity contribution in [1.82, 2.24) is 4.90 Å². The number of β-lactam (4-membered cyclic amide) rings is 1.